The highest BCUT2D eigenvalue weighted by Gasteiger charge is 1.95. The van der Waals surface area contributed by atoms with E-state index in [-0.39, 0.29) is 5.97 Å². The number of hydrogen-bond donors (Lipinski definition) is 0. The van der Waals surface area contributed by atoms with Crippen molar-refractivity contribution in [2.24, 2.45) is 0 Å². The van der Waals surface area contributed by atoms with Crippen molar-refractivity contribution in [3.8, 4) is 5.75 Å². The molecule has 0 aliphatic carbocycles. The Bertz CT molecular complexity index is 309. The van der Waals surface area contributed by atoms with Crippen LogP contribution in [0.1, 0.15) is 12.5 Å². The van der Waals surface area contributed by atoms with Crippen LogP contribution >= 0.6 is 0 Å². The Kier molecular flexibility index (Phi) is 3.26. The third kappa shape index (κ3) is 3.11. The van der Waals surface area contributed by atoms with Crippen LogP contribution in [0.15, 0.2) is 30.3 Å². The van der Waals surface area contributed by atoms with Crippen molar-refractivity contribution in [3.63, 3.8) is 0 Å². The molecule has 0 aliphatic rings. The van der Waals surface area contributed by atoms with Crippen LogP contribution in [0.5, 0.6) is 5.75 Å². The fourth-order valence-corrected chi connectivity index (χ4v) is 0.949. The Hall–Kier alpha value is -1.57. The molecule has 0 spiro atoms. The van der Waals surface area contributed by atoms with E-state index in [9.17, 15) is 4.79 Å². The highest BCUT2D eigenvalue weighted by atomic mass is 16.5. The third-order valence-electron chi connectivity index (χ3n) is 1.45. The summed E-state index contributed by atoms with van der Waals surface area (Å²) in [6.07, 6.45) is 3.58. The average molecular weight is 175 g/mol. The van der Waals surface area contributed by atoms with Gasteiger partial charge in [0.05, 0.1) is 0 Å². The minimum atomic E-state index is -0.305. The van der Waals surface area contributed by atoms with E-state index < -0.39 is 0 Å². The predicted molar refractivity (Wildman–Crippen MR) is 52.1 cm³/mol. The second kappa shape index (κ2) is 4.45. The van der Waals surface area contributed by atoms with E-state index >= 15 is 0 Å². The maximum Gasteiger partial charge on any atom is 0.308 e. The fourth-order valence-electron chi connectivity index (χ4n) is 0.949. The van der Waals surface area contributed by atoms with Gasteiger partial charge in [0.25, 0.3) is 0 Å². The molecule has 0 atom stereocenters. The second-order valence-electron chi connectivity index (χ2n) is 2.57. The summed E-state index contributed by atoms with van der Waals surface area (Å²) in [6.45, 7) is 4.96. The number of hydrogen-bond acceptors (Lipinski definition) is 2. The molecule has 0 unspecified atom stereocenters. The molecule has 67 valence electrons. The van der Waals surface area contributed by atoms with Gasteiger partial charge in [0, 0.05) is 6.92 Å². The van der Waals surface area contributed by atoms with E-state index in [1.54, 1.807) is 18.2 Å². The van der Waals surface area contributed by atoms with E-state index in [1.807, 2.05) is 18.2 Å². The molecule has 0 aromatic heterocycles. The molecule has 1 rings (SSSR count). The van der Waals surface area contributed by atoms with Crippen LogP contribution in [-0.2, 0) is 4.79 Å². The minimum Gasteiger partial charge on any atom is -0.427 e. The molecule has 1 aromatic carbocycles. The summed E-state index contributed by atoms with van der Waals surface area (Å²) in [6, 6.07) is 7.22. The molecule has 0 aliphatic heterocycles. The zero-order valence-electron chi connectivity index (χ0n) is 7.49. The molecule has 13 heavy (non-hydrogen) atoms. The maximum absolute atomic E-state index is 10.6. The van der Waals surface area contributed by atoms with Gasteiger partial charge in [-0.3, -0.25) is 4.79 Å². The lowest BCUT2D eigenvalue weighted by Gasteiger charge is -2.00. The van der Waals surface area contributed by atoms with E-state index in [1.165, 1.54) is 6.92 Å². The first-order valence-electron chi connectivity index (χ1n) is 3.96. The molecule has 2 nitrogen and oxygen atoms in total. The molecule has 1 aromatic rings. The molecule has 0 saturated carbocycles. The van der Waals surface area contributed by atoms with Crippen molar-refractivity contribution in [1.82, 2.24) is 0 Å². The van der Waals surface area contributed by atoms with Gasteiger partial charge in [0.15, 0.2) is 0 Å². The molecule has 0 fully saturated rings. The average Bonchev–Trinajstić information content (AvgIpc) is 2.08. The number of carbonyl (C=O) groups excluding carboxylic acids is 1. The Morgan fingerprint density at radius 1 is 1.38 bits per heavy atom. The van der Waals surface area contributed by atoms with Gasteiger partial charge in [0.2, 0.25) is 0 Å². The van der Waals surface area contributed by atoms with Gasteiger partial charge >= 0.3 is 5.97 Å². The highest BCUT2D eigenvalue weighted by Crippen LogP contribution is 2.12. The van der Waals surface area contributed by atoms with E-state index in [0.717, 1.165) is 5.56 Å². The van der Waals surface area contributed by atoms with Crippen LogP contribution in [0.2, 0.25) is 0 Å². The van der Waals surface area contributed by atoms with Crippen LogP contribution in [0, 0.1) is 6.92 Å². The zero-order chi connectivity index (χ0) is 9.68. The second-order valence-corrected chi connectivity index (χ2v) is 2.57. The summed E-state index contributed by atoms with van der Waals surface area (Å²) in [5.41, 5.74) is 1.03. The number of rotatable bonds is 2. The summed E-state index contributed by atoms with van der Waals surface area (Å²) in [7, 11) is 0. The lowest BCUT2D eigenvalue weighted by atomic mass is 10.2. The molecule has 0 N–H and O–H groups in total. The SMILES string of the molecule is [CH2]/C=C/c1ccc(OC(C)=O)cc1. The largest absolute Gasteiger partial charge is 0.427 e. The van der Waals surface area contributed by atoms with Crippen LogP contribution in [-0.4, -0.2) is 5.97 Å². The topological polar surface area (TPSA) is 26.3 Å². The van der Waals surface area contributed by atoms with Gasteiger partial charge in [-0.2, -0.15) is 0 Å². The Balaban J connectivity index is 2.75. The molecular weight excluding hydrogens is 164 g/mol. The molecule has 0 heterocycles. The smallest absolute Gasteiger partial charge is 0.308 e. The lowest BCUT2D eigenvalue weighted by Crippen LogP contribution is -2.00. The van der Waals surface area contributed by atoms with Gasteiger partial charge < -0.3 is 4.74 Å². The Morgan fingerprint density at radius 2 is 2.00 bits per heavy atom. The minimum absolute atomic E-state index is 0.305. The van der Waals surface area contributed by atoms with E-state index in [0.29, 0.717) is 5.75 Å². The van der Waals surface area contributed by atoms with Gasteiger partial charge in [-0.15, -0.1) is 0 Å². The monoisotopic (exact) mass is 175 g/mol. The number of carbonyl (C=O) groups is 1. The fraction of sp³-hybridized carbons (Fsp3) is 0.0909. The van der Waals surface area contributed by atoms with Gasteiger partial charge in [0.1, 0.15) is 5.75 Å². The standard InChI is InChI=1S/C11H11O2/c1-3-4-10-5-7-11(8-6-10)13-9(2)12/h3-8H,1H2,2H3/b4-3+. The number of ether oxygens (including phenoxy) is 1. The molecule has 0 amide bonds. The quantitative estimate of drug-likeness (QED) is 0.509. The van der Waals surface area contributed by atoms with Crippen molar-refractivity contribution in [2.45, 2.75) is 6.92 Å². The van der Waals surface area contributed by atoms with Gasteiger partial charge in [-0.25, -0.2) is 0 Å². The summed E-state index contributed by atoms with van der Waals surface area (Å²) in [5.74, 6) is 0.258. The summed E-state index contributed by atoms with van der Waals surface area (Å²) in [5, 5.41) is 0. The normalized spacial score (nSPS) is 10.3. The van der Waals surface area contributed by atoms with Crippen LogP contribution in [0.25, 0.3) is 6.08 Å². The van der Waals surface area contributed by atoms with Crippen molar-refractivity contribution in [3.05, 3.63) is 42.8 Å². The summed E-state index contributed by atoms with van der Waals surface area (Å²) in [4.78, 5) is 10.6. The predicted octanol–water partition coefficient (Wildman–Crippen LogP) is 2.46. The molecular formula is C11H11O2. The van der Waals surface area contributed by atoms with Crippen LogP contribution < -0.4 is 4.74 Å². The van der Waals surface area contributed by atoms with Gasteiger partial charge in [-0.1, -0.05) is 24.3 Å². The summed E-state index contributed by atoms with van der Waals surface area (Å²) >= 11 is 0. The van der Waals surface area contributed by atoms with E-state index in [4.69, 9.17) is 4.74 Å². The van der Waals surface area contributed by atoms with Crippen molar-refractivity contribution in [2.75, 3.05) is 0 Å². The first-order valence-corrected chi connectivity index (χ1v) is 3.96. The van der Waals surface area contributed by atoms with Gasteiger partial charge in [-0.05, 0) is 24.6 Å². The number of esters is 1. The molecule has 0 saturated heterocycles. The zero-order valence-corrected chi connectivity index (χ0v) is 7.49. The summed E-state index contributed by atoms with van der Waals surface area (Å²) < 4.78 is 4.87. The first-order chi connectivity index (χ1) is 6.22. The van der Waals surface area contributed by atoms with Crippen molar-refractivity contribution >= 4 is 12.0 Å². The lowest BCUT2D eigenvalue weighted by molar-refractivity contribution is -0.131. The maximum atomic E-state index is 10.6. The third-order valence-corrected chi connectivity index (χ3v) is 1.45. The molecule has 0 bridgehead atoms. The molecule has 1 radical (unpaired) electrons. The van der Waals surface area contributed by atoms with E-state index in [2.05, 4.69) is 6.92 Å². The molecule has 2 heteroatoms. The van der Waals surface area contributed by atoms with Crippen LogP contribution in [0.3, 0.4) is 0 Å². The highest BCUT2D eigenvalue weighted by molar-refractivity contribution is 5.69. The number of benzene rings is 1. The Labute approximate surface area is 77.8 Å². The van der Waals surface area contributed by atoms with Crippen LogP contribution in [0.4, 0.5) is 0 Å². The Morgan fingerprint density at radius 3 is 2.46 bits per heavy atom. The number of allylic oxidation sites excluding steroid dienone is 1. The van der Waals surface area contributed by atoms with Crippen molar-refractivity contribution < 1.29 is 9.53 Å². The van der Waals surface area contributed by atoms with Crippen molar-refractivity contribution in [1.29, 1.82) is 0 Å². The first kappa shape index (κ1) is 9.52.